The van der Waals surface area contributed by atoms with Crippen molar-refractivity contribution in [3.05, 3.63) is 16.8 Å². The molecular weight excluding hydrogens is 103 g/mol. The number of hydrogen-bond donors (Lipinski definition) is 0. The average molecular weight is 108 g/mol. The van der Waals surface area contributed by atoms with Gasteiger partial charge in [-0.15, -0.1) is 0 Å². The van der Waals surface area contributed by atoms with Crippen molar-refractivity contribution < 1.29 is 0 Å². The van der Waals surface area contributed by atoms with E-state index in [1.165, 1.54) is 5.46 Å². The Hall–Kier alpha value is -0.365. The first kappa shape index (κ1) is 4.79. The second kappa shape index (κ2) is 2.08. The van der Waals surface area contributed by atoms with Gasteiger partial charge in [-0.1, -0.05) is 0 Å². The quantitative estimate of drug-likeness (QED) is 0.460. The summed E-state index contributed by atoms with van der Waals surface area (Å²) in [5.41, 5.74) is 1.21. The maximum absolute atomic E-state index is 3.61. The topological polar surface area (TPSA) is 0 Å². The molecule has 1 rings (SSSR count). The van der Waals surface area contributed by atoms with Crippen LogP contribution >= 0.6 is 11.3 Å². The normalized spacial score (nSPS) is 8.00. The van der Waals surface area contributed by atoms with Crippen LogP contribution in [-0.2, 0) is 0 Å². The van der Waals surface area contributed by atoms with Crippen molar-refractivity contribution in [1.29, 1.82) is 0 Å². The Bertz CT molecular complexity index is 143. The molecule has 2 heteroatoms. The van der Waals surface area contributed by atoms with Gasteiger partial charge in [0.15, 0.2) is 0 Å². The Labute approximate surface area is 47.7 Å². The molecule has 0 N–H and O–H groups in total. The zero-order valence-corrected chi connectivity index (χ0v) is 4.74. The van der Waals surface area contributed by atoms with Crippen LogP contribution in [0.1, 0.15) is 0 Å². The van der Waals surface area contributed by atoms with Gasteiger partial charge in [0.05, 0.1) is 0 Å². The van der Waals surface area contributed by atoms with E-state index in [1.807, 2.05) is 18.4 Å². The van der Waals surface area contributed by atoms with E-state index in [0.29, 0.717) is 0 Å². The Morgan fingerprint density at radius 1 is 1.71 bits per heavy atom. The Balaban J connectivity index is 2.96. The molecule has 1 aromatic rings. The van der Waals surface area contributed by atoms with E-state index in [1.54, 1.807) is 11.3 Å². The molecule has 0 saturated carbocycles. The predicted octanol–water partition coefficient (Wildman–Crippen LogP) is 0.510. The van der Waals surface area contributed by atoms with Gasteiger partial charge in [0.1, 0.15) is 0 Å². The third-order valence-corrected chi connectivity index (χ3v) is 1.48. The Morgan fingerprint density at radius 2 is 2.57 bits per heavy atom. The van der Waals surface area contributed by atoms with Crippen molar-refractivity contribution in [2.75, 3.05) is 0 Å². The molecule has 0 nitrogen and oxygen atoms in total. The van der Waals surface area contributed by atoms with Crippen LogP contribution < -0.4 is 5.46 Å². The standard InChI is InChI=1S/C5H5BS/c1-6-5-2-3-7-4-5/h2-4H,1H2. The van der Waals surface area contributed by atoms with Crippen LogP contribution in [0.4, 0.5) is 0 Å². The third-order valence-electron chi connectivity index (χ3n) is 0.779. The van der Waals surface area contributed by atoms with Gasteiger partial charge < -0.3 is 0 Å². The second-order valence-corrected chi connectivity index (χ2v) is 2.04. The molecular formula is C5H5BS. The predicted molar refractivity (Wildman–Crippen MR) is 36.8 cm³/mol. The van der Waals surface area contributed by atoms with Crippen LogP contribution in [0.5, 0.6) is 0 Å². The third kappa shape index (κ3) is 0.999. The summed E-state index contributed by atoms with van der Waals surface area (Å²) >= 11 is 1.69. The van der Waals surface area contributed by atoms with Crippen molar-refractivity contribution in [2.24, 2.45) is 0 Å². The second-order valence-electron chi connectivity index (χ2n) is 1.26. The molecule has 0 aliphatic heterocycles. The first-order chi connectivity index (χ1) is 3.43. The van der Waals surface area contributed by atoms with Crippen molar-refractivity contribution in [3.8, 4) is 0 Å². The summed E-state index contributed by atoms with van der Waals surface area (Å²) < 4.78 is 0. The van der Waals surface area contributed by atoms with E-state index in [2.05, 4.69) is 11.8 Å². The van der Waals surface area contributed by atoms with Crippen molar-refractivity contribution in [3.63, 3.8) is 0 Å². The monoisotopic (exact) mass is 108 g/mol. The van der Waals surface area contributed by atoms with Gasteiger partial charge in [0.25, 0.3) is 0 Å². The summed E-state index contributed by atoms with van der Waals surface area (Å²) in [5, 5.41) is 4.10. The summed E-state index contributed by atoms with van der Waals surface area (Å²) in [5.74, 6) is 0. The van der Waals surface area contributed by atoms with Crippen molar-refractivity contribution in [1.82, 2.24) is 0 Å². The molecule has 0 radical (unpaired) electrons. The molecule has 0 fully saturated rings. The van der Waals surface area contributed by atoms with E-state index in [4.69, 9.17) is 0 Å². The van der Waals surface area contributed by atoms with Crippen LogP contribution in [0, 0.1) is 0 Å². The number of hydrogen-bond acceptors (Lipinski definition) is 1. The minimum atomic E-state index is 1.21. The van der Waals surface area contributed by atoms with Gasteiger partial charge in [0.2, 0.25) is 0 Å². The number of rotatable bonds is 1. The zero-order valence-electron chi connectivity index (χ0n) is 3.92. The fourth-order valence-corrected chi connectivity index (χ4v) is 1.04. The molecule has 0 aromatic carbocycles. The van der Waals surface area contributed by atoms with Gasteiger partial charge >= 0.3 is 47.0 Å². The molecule has 0 aliphatic carbocycles. The molecule has 0 aliphatic rings. The molecule has 0 unspecified atom stereocenters. The van der Waals surface area contributed by atoms with Crippen LogP contribution in [0.25, 0.3) is 0 Å². The SMILES string of the molecule is C=Bc1ccsc1. The van der Waals surface area contributed by atoms with Gasteiger partial charge in [-0.2, -0.15) is 0 Å². The molecule has 1 heterocycles. The van der Waals surface area contributed by atoms with Crippen LogP contribution in [0.15, 0.2) is 16.8 Å². The maximum atomic E-state index is 3.61. The minimum absolute atomic E-state index is 1.21. The van der Waals surface area contributed by atoms with Crippen LogP contribution in [0.3, 0.4) is 0 Å². The Kier molecular flexibility index (Phi) is 1.42. The zero-order chi connectivity index (χ0) is 5.11. The summed E-state index contributed by atoms with van der Waals surface area (Å²) in [6.07, 6.45) is 0. The molecule has 0 spiro atoms. The number of thiophene rings is 1. The van der Waals surface area contributed by atoms with Crippen molar-refractivity contribution >= 4 is 30.2 Å². The average Bonchev–Trinajstić information content (AvgIpc) is 2.14. The van der Waals surface area contributed by atoms with Gasteiger partial charge in [0, 0.05) is 0 Å². The molecule has 34 valence electrons. The van der Waals surface area contributed by atoms with E-state index >= 15 is 0 Å². The van der Waals surface area contributed by atoms with E-state index in [0.717, 1.165) is 0 Å². The van der Waals surface area contributed by atoms with Crippen LogP contribution in [-0.4, -0.2) is 13.4 Å². The van der Waals surface area contributed by atoms with E-state index in [-0.39, 0.29) is 0 Å². The Morgan fingerprint density at radius 3 is 2.86 bits per heavy atom. The summed E-state index contributed by atoms with van der Waals surface area (Å²) in [7, 11) is 0. The fourth-order valence-electron chi connectivity index (χ4n) is 0.391. The molecule has 0 atom stereocenters. The first-order valence-corrected chi connectivity index (χ1v) is 3.02. The van der Waals surface area contributed by atoms with E-state index in [9.17, 15) is 0 Å². The van der Waals surface area contributed by atoms with Gasteiger partial charge in [-0.25, -0.2) is 0 Å². The summed E-state index contributed by atoms with van der Waals surface area (Å²) in [6.45, 7) is 5.45. The molecule has 7 heavy (non-hydrogen) atoms. The first-order valence-electron chi connectivity index (χ1n) is 2.08. The van der Waals surface area contributed by atoms with Crippen LogP contribution in [0.2, 0.25) is 0 Å². The summed E-state index contributed by atoms with van der Waals surface area (Å²) in [4.78, 5) is 0. The fraction of sp³-hybridized carbons (Fsp3) is 0. The van der Waals surface area contributed by atoms with Gasteiger partial charge in [-0.3, -0.25) is 0 Å². The molecule has 0 saturated heterocycles. The van der Waals surface area contributed by atoms with Crippen molar-refractivity contribution in [2.45, 2.75) is 0 Å². The van der Waals surface area contributed by atoms with Gasteiger partial charge in [-0.05, 0) is 0 Å². The summed E-state index contributed by atoms with van der Waals surface area (Å²) in [6, 6.07) is 2.04. The molecule has 0 amide bonds. The molecule has 0 bridgehead atoms. The molecule has 1 aromatic heterocycles. The van der Waals surface area contributed by atoms with E-state index < -0.39 is 0 Å².